The van der Waals surface area contributed by atoms with Crippen LogP contribution in [0.15, 0.2) is 42.6 Å². The fourth-order valence-electron chi connectivity index (χ4n) is 3.01. The van der Waals surface area contributed by atoms with Gasteiger partial charge in [-0.25, -0.2) is 9.37 Å². The lowest BCUT2D eigenvalue weighted by Crippen LogP contribution is -2.19. The number of pyridine rings is 1. The predicted molar refractivity (Wildman–Crippen MR) is 93.1 cm³/mol. The number of halogens is 2. The van der Waals surface area contributed by atoms with Gasteiger partial charge in [-0.3, -0.25) is 4.40 Å². The van der Waals surface area contributed by atoms with Crippen LogP contribution in [-0.4, -0.2) is 28.6 Å². The molecule has 124 valence electrons. The van der Waals surface area contributed by atoms with Gasteiger partial charge in [0.15, 0.2) is 0 Å². The van der Waals surface area contributed by atoms with E-state index in [0.29, 0.717) is 11.6 Å². The fourth-order valence-corrected chi connectivity index (χ4v) is 3.17. The molecule has 0 aliphatic carbocycles. The van der Waals surface area contributed by atoms with Gasteiger partial charge in [-0.05, 0) is 49.2 Å². The highest BCUT2D eigenvalue weighted by molar-refractivity contribution is 6.30. The van der Waals surface area contributed by atoms with Crippen LogP contribution >= 0.6 is 11.6 Å². The number of hydrogen-bond donors (Lipinski definition) is 1. The lowest BCUT2D eigenvalue weighted by Gasteiger charge is -2.13. The highest BCUT2D eigenvalue weighted by atomic mass is 35.5. The number of aromatic nitrogens is 2. The maximum absolute atomic E-state index is 13.2. The standard InChI is InChI=1S/C18H17ClFN3O/c19-13-5-8-16-22-17(12-3-6-14(20)7-4-12)18(23(16)11-13)21-10-15-2-1-9-24-15/h3-8,11,15,21H,1-2,9-10H2/t15-/m1/s1. The van der Waals surface area contributed by atoms with Crippen molar-refractivity contribution in [3.63, 3.8) is 0 Å². The number of imidazole rings is 1. The summed E-state index contributed by atoms with van der Waals surface area (Å²) in [7, 11) is 0. The first-order valence-electron chi connectivity index (χ1n) is 8.00. The molecule has 0 amide bonds. The van der Waals surface area contributed by atoms with Gasteiger partial charge in [-0.1, -0.05) is 11.6 Å². The van der Waals surface area contributed by atoms with Crippen LogP contribution in [0.1, 0.15) is 12.8 Å². The molecule has 0 spiro atoms. The number of hydrogen-bond acceptors (Lipinski definition) is 3. The summed E-state index contributed by atoms with van der Waals surface area (Å²) < 4.78 is 20.8. The Morgan fingerprint density at radius 2 is 2.08 bits per heavy atom. The molecule has 0 bridgehead atoms. The highest BCUT2D eigenvalue weighted by Crippen LogP contribution is 2.30. The van der Waals surface area contributed by atoms with Crippen molar-refractivity contribution < 1.29 is 9.13 Å². The number of nitrogens with one attached hydrogen (secondary N) is 1. The molecular weight excluding hydrogens is 329 g/mol. The molecule has 6 heteroatoms. The van der Waals surface area contributed by atoms with E-state index in [1.54, 1.807) is 12.1 Å². The number of ether oxygens (including phenoxy) is 1. The van der Waals surface area contributed by atoms with Crippen molar-refractivity contribution >= 4 is 23.1 Å². The van der Waals surface area contributed by atoms with Crippen molar-refractivity contribution in [3.8, 4) is 11.3 Å². The highest BCUT2D eigenvalue weighted by Gasteiger charge is 2.19. The third-order valence-electron chi connectivity index (χ3n) is 4.22. The van der Waals surface area contributed by atoms with Crippen LogP contribution in [-0.2, 0) is 4.74 Å². The van der Waals surface area contributed by atoms with E-state index in [9.17, 15) is 4.39 Å². The van der Waals surface area contributed by atoms with Crippen LogP contribution in [0, 0.1) is 5.82 Å². The van der Waals surface area contributed by atoms with E-state index in [2.05, 4.69) is 10.3 Å². The first-order valence-corrected chi connectivity index (χ1v) is 8.37. The summed E-state index contributed by atoms with van der Waals surface area (Å²) >= 11 is 6.14. The zero-order chi connectivity index (χ0) is 16.5. The van der Waals surface area contributed by atoms with Gasteiger partial charge in [-0.2, -0.15) is 0 Å². The lowest BCUT2D eigenvalue weighted by molar-refractivity contribution is 0.120. The molecule has 24 heavy (non-hydrogen) atoms. The van der Waals surface area contributed by atoms with E-state index in [4.69, 9.17) is 16.3 Å². The Morgan fingerprint density at radius 3 is 2.83 bits per heavy atom. The average Bonchev–Trinajstić information content (AvgIpc) is 3.21. The summed E-state index contributed by atoms with van der Waals surface area (Å²) in [5, 5.41) is 4.07. The van der Waals surface area contributed by atoms with Crippen LogP contribution in [0.2, 0.25) is 5.02 Å². The summed E-state index contributed by atoms with van der Waals surface area (Å²) in [5.74, 6) is 0.578. The molecule has 3 heterocycles. The van der Waals surface area contributed by atoms with Gasteiger partial charge in [0.1, 0.15) is 23.0 Å². The molecule has 4 rings (SSSR count). The number of nitrogens with zero attached hydrogens (tertiary/aromatic N) is 2. The summed E-state index contributed by atoms with van der Waals surface area (Å²) in [6.45, 7) is 1.52. The summed E-state index contributed by atoms with van der Waals surface area (Å²) in [6, 6.07) is 10.0. The van der Waals surface area contributed by atoms with Gasteiger partial charge in [0.2, 0.25) is 0 Å². The predicted octanol–water partition coefficient (Wildman–Crippen LogP) is 4.38. The van der Waals surface area contributed by atoms with Gasteiger partial charge >= 0.3 is 0 Å². The zero-order valence-electron chi connectivity index (χ0n) is 13.0. The second-order valence-electron chi connectivity index (χ2n) is 5.91. The summed E-state index contributed by atoms with van der Waals surface area (Å²) in [6.07, 6.45) is 4.18. The molecule has 0 radical (unpaired) electrons. The molecule has 4 nitrogen and oxygen atoms in total. The molecule has 2 aromatic heterocycles. The second-order valence-corrected chi connectivity index (χ2v) is 6.34. The smallest absolute Gasteiger partial charge is 0.139 e. The second kappa shape index (κ2) is 6.42. The van der Waals surface area contributed by atoms with Gasteiger partial charge in [-0.15, -0.1) is 0 Å². The maximum atomic E-state index is 13.2. The van der Waals surface area contributed by atoms with Crippen LogP contribution in [0.3, 0.4) is 0 Å². The Hall–Kier alpha value is -2.11. The van der Waals surface area contributed by atoms with Crippen molar-refractivity contribution in [1.82, 2.24) is 9.38 Å². The lowest BCUT2D eigenvalue weighted by atomic mass is 10.1. The van der Waals surface area contributed by atoms with E-state index in [1.165, 1.54) is 12.1 Å². The van der Waals surface area contributed by atoms with Crippen molar-refractivity contribution in [2.75, 3.05) is 18.5 Å². The van der Waals surface area contributed by atoms with Gasteiger partial charge in [0.25, 0.3) is 0 Å². The first-order chi connectivity index (χ1) is 11.7. The molecule has 1 N–H and O–H groups in total. The van der Waals surface area contributed by atoms with Crippen LogP contribution < -0.4 is 5.32 Å². The minimum absolute atomic E-state index is 0.204. The minimum atomic E-state index is -0.264. The Bertz CT molecular complexity index is 857. The largest absolute Gasteiger partial charge is 0.376 e. The molecule has 1 atom stereocenters. The molecule has 1 aliphatic rings. The minimum Gasteiger partial charge on any atom is -0.376 e. The van der Waals surface area contributed by atoms with E-state index in [0.717, 1.165) is 42.2 Å². The van der Waals surface area contributed by atoms with Gasteiger partial charge < -0.3 is 10.1 Å². The van der Waals surface area contributed by atoms with Crippen molar-refractivity contribution in [2.45, 2.75) is 18.9 Å². The molecule has 0 saturated carbocycles. The quantitative estimate of drug-likeness (QED) is 0.762. The molecule has 1 saturated heterocycles. The molecule has 3 aromatic rings. The van der Waals surface area contributed by atoms with E-state index in [1.807, 2.05) is 22.7 Å². The Kier molecular flexibility index (Phi) is 4.12. The van der Waals surface area contributed by atoms with Gasteiger partial charge in [0, 0.05) is 24.9 Å². The topological polar surface area (TPSA) is 38.6 Å². The van der Waals surface area contributed by atoms with Crippen molar-refractivity contribution in [2.24, 2.45) is 0 Å². The van der Waals surface area contributed by atoms with Crippen LogP contribution in [0.25, 0.3) is 16.9 Å². The third-order valence-corrected chi connectivity index (χ3v) is 4.44. The zero-order valence-corrected chi connectivity index (χ0v) is 13.8. The number of benzene rings is 1. The monoisotopic (exact) mass is 345 g/mol. The summed E-state index contributed by atoms with van der Waals surface area (Å²) in [4.78, 5) is 4.68. The maximum Gasteiger partial charge on any atom is 0.139 e. The van der Waals surface area contributed by atoms with E-state index < -0.39 is 0 Å². The Morgan fingerprint density at radius 1 is 1.25 bits per heavy atom. The van der Waals surface area contributed by atoms with Crippen molar-refractivity contribution in [3.05, 3.63) is 53.4 Å². The molecule has 1 aliphatic heterocycles. The van der Waals surface area contributed by atoms with Crippen molar-refractivity contribution in [1.29, 1.82) is 0 Å². The molecule has 1 fully saturated rings. The SMILES string of the molecule is Fc1ccc(-c2nc3ccc(Cl)cn3c2NC[C@H]2CCCO2)cc1. The number of rotatable bonds is 4. The number of anilines is 1. The van der Waals surface area contributed by atoms with Crippen LogP contribution in [0.4, 0.5) is 10.2 Å². The summed E-state index contributed by atoms with van der Waals surface area (Å²) in [5.41, 5.74) is 2.41. The number of fused-ring (bicyclic) bond motifs is 1. The van der Waals surface area contributed by atoms with E-state index >= 15 is 0 Å². The Balaban J connectivity index is 1.75. The molecule has 0 unspecified atom stereocenters. The van der Waals surface area contributed by atoms with Gasteiger partial charge in [0.05, 0.1) is 11.1 Å². The average molecular weight is 346 g/mol. The first kappa shape index (κ1) is 15.4. The normalized spacial score (nSPS) is 17.5. The fraction of sp³-hybridized carbons (Fsp3) is 0.278. The molecular formula is C18H17ClFN3O. The van der Waals surface area contributed by atoms with E-state index in [-0.39, 0.29) is 11.9 Å². The molecule has 1 aromatic carbocycles. The third kappa shape index (κ3) is 2.97. The Labute approximate surface area is 144 Å². The van der Waals surface area contributed by atoms with Crippen LogP contribution in [0.5, 0.6) is 0 Å².